The van der Waals surface area contributed by atoms with E-state index in [4.69, 9.17) is 4.74 Å². The number of ether oxygens (including phenoxy) is 1. The van der Waals surface area contributed by atoms with E-state index in [1.54, 1.807) is 7.11 Å². The standard InChI is InChI=1S/C15H23OP.Rh/c1-16-14-9-7-12(8-10-14)11-13-5-3-4-6-15(13)17-2;/h7-10,13,15,17H,3-6,11H2,1-2H3;. The zero-order chi connectivity index (χ0) is 12.1. The molecule has 0 saturated heterocycles. The van der Waals surface area contributed by atoms with Gasteiger partial charge in [-0.05, 0) is 55.2 Å². The third-order valence-corrected chi connectivity index (χ3v) is 5.44. The van der Waals surface area contributed by atoms with Crippen LogP contribution < -0.4 is 4.74 Å². The molecule has 0 heterocycles. The van der Waals surface area contributed by atoms with E-state index in [0.29, 0.717) is 0 Å². The Kier molecular flexibility index (Phi) is 7.42. The molecule has 2 rings (SSSR count). The van der Waals surface area contributed by atoms with Crippen molar-refractivity contribution in [2.45, 2.75) is 37.8 Å². The summed E-state index contributed by atoms with van der Waals surface area (Å²) in [4.78, 5) is 0. The van der Waals surface area contributed by atoms with Gasteiger partial charge in [-0.1, -0.05) is 25.0 Å². The van der Waals surface area contributed by atoms with Crippen LogP contribution in [0.15, 0.2) is 24.3 Å². The molecule has 0 spiro atoms. The van der Waals surface area contributed by atoms with Crippen LogP contribution in [0.3, 0.4) is 0 Å². The summed E-state index contributed by atoms with van der Waals surface area (Å²) in [5, 5.41) is 0. The van der Waals surface area contributed by atoms with Crippen LogP contribution >= 0.6 is 8.58 Å². The molecule has 0 amide bonds. The van der Waals surface area contributed by atoms with Crippen molar-refractivity contribution >= 4 is 8.58 Å². The maximum absolute atomic E-state index is 5.20. The molecule has 1 nitrogen and oxygen atoms in total. The fourth-order valence-corrected chi connectivity index (χ4v) is 4.15. The molecule has 1 saturated carbocycles. The molecule has 1 aliphatic carbocycles. The largest absolute Gasteiger partial charge is 0.497 e. The van der Waals surface area contributed by atoms with Crippen LogP contribution in [0.1, 0.15) is 31.2 Å². The molecular formula is C15H23OPRh. The molecule has 1 aromatic rings. The third kappa shape index (κ3) is 4.32. The Bertz CT molecular complexity index is 339. The summed E-state index contributed by atoms with van der Waals surface area (Å²) >= 11 is 0. The Hall–Kier alpha value is 0.0734. The number of rotatable bonds is 4. The topological polar surface area (TPSA) is 9.23 Å². The molecule has 0 N–H and O–H groups in total. The van der Waals surface area contributed by atoms with E-state index in [2.05, 4.69) is 30.9 Å². The second-order valence-electron chi connectivity index (χ2n) is 4.99. The number of hydrogen-bond donors (Lipinski definition) is 0. The maximum atomic E-state index is 5.20. The number of hydrogen-bond acceptors (Lipinski definition) is 1. The van der Waals surface area contributed by atoms with E-state index >= 15 is 0 Å². The summed E-state index contributed by atoms with van der Waals surface area (Å²) in [6.45, 7) is 2.37. The van der Waals surface area contributed by atoms with Crippen LogP contribution in [0, 0.1) is 5.92 Å². The third-order valence-electron chi connectivity index (χ3n) is 3.94. The molecule has 0 aliphatic heterocycles. The van der Waals surface area contributed by atoms with E-state index in [9.17, 15) is 0 Å². The zero-order valence-electron chi connectivity index (χ0n) is 11.2. The minimum atomic E-state index is 0. The van der Waals surface area contributed by atoms with E-state index in [1.165, 1.54) is 37.7 Å². The van der Waals surface area contributed by atoms with Gasteiger partial charge in [0.05, 0.1) is 7.11 Å². The van der Waals surface area contributed by atoms with Gasteiger partial charge in [0, 0.05) is 19.5 Å². The van der Waals surface area contributed by atoms with Gasteiger partial charge in [-0.15, -0.1) is 8.58 Å². The fraction of sp³-hybridized carbons (Fsp3) is 0.600. The van der Waals surface area contributed by atoms with Gasteiger partial charge in [0.1, 0.15) is 5.75 Å². The smallest absolute Gasteiger partial charge is 0.118 e. The van der Waals surface area contributed by atoms with Crippen molar-refractivity contribution in [3.05, 3.63) is 29.8 Å². The van der Waals surface area contributed by atoms with Crippen molar-refractivity contribution in [3.8, 4) is 5.75 Å². The molecule has 1 fully saturated rings. The first kappa shape index (κ1) is 16.1. The first-order chi connectivity index (χ1) is 8.33. The molecule has 103 valence electrons. The minimum absolute atomic E-state index is 0. The Morgan fingerprint density at radius 3 is 2.44 bits per heavy atom. The molecule has 3 unspecified atom stereocenters. The van der Waals surface area contributed by atoms with Gasteiger partial charge >= 0.3 is 0 Å². The van der Waals surface area contributed by atoms with Crippen LogP contribution in [0.5, 0.6) is 5.75 Å². The quantitative estimate of drug-likeness (QED) is 0.585. The van der Waals surface area contributed by atoms with Crippen LogP contribution in [-0.4, -0.2) is 19.4 Å². The average molecular weight is 353 g/mol. The second-order valence-corrected chi connectivity index (χ2v) is 6.31. The minimum Gasteiger partial charge on any atom is -0.497 e. The average Bonchev–Trinajstić information content (AvgIpc) is 2.40. The van der Waals surface area contributed by atoms with Crippen molar-refractivity contribution in [1.82, 2.24) is 0 Å². The molecule has 18 heavy (non-hydrogen) atoms. The van der Waals surface area contributed by atoms with Gasteiger partial charge in [-0.3, -0.25) is 0 Å². The van der Waals surface area contributed by atoms with Gasteiger partial charge in [-0.25, -0.2) is 0 Å². The van der Waals surface area contributed by atoms with E-state index < -0.39 is 0 Å². The fourth-order valence-electron chi connectivity index (χ4n) is 2.90. The van der Waals surface area contributed by atoms with Crippen molar-refractivity contribution in [3.63, 3.8) is 0 Å². The Morgan fingerprint density at radius 1 is 1.17 bits per heavy atom. The second kappa shape index (κ2) is 8.29. The summed E-state index contributed by atoms with van der Waals surface area (Å²) in [6, 6.07) is 8.62. The Morgan fingerprint density at radius 2 is 1.83 bits per heavy atom. The Labute approximate surface area is 126 Å². The maximum Gasteiger partial charge on any atom is 0.118 e. The van der Waals surface area contributed by atoms with Crippen molar-refractivity contribution in [1.29, 1.82) is 0 Å². The summed E-state index contributed by atoms with van der Waals surface area (Å²) < 4.78 is 5.20. The number of methoxy groups -OCH3 is 1. The van der Waals surface area contributed by atoms with Crippen LogP contribution in [0.2, 0.25) is 0 Å². The van der Waals surface area contributed by atoms with Gasteiger partial charge in [0.2, 0.25) is 0 Å². The summed E-state index contributed by atoms with van der Waals surface area (Å²) in [5.41, 5.74) is 2.45. The first-order valence-corrected chi connectivity index (χ1v) is 8.21. The van der Waals surface area contributed by atoms with E-state index in [0.717, 1.165) is 25.9 Å². The summed E-state index contributed by atoms with van der Waals surface area (Å²) in [6.07, 6.45) is 7.02. The monoisotopic (exact) mass is 353 g/mol. The molecule has 1 radical (unpaired) electrons. The van der Waals surface area contributed by atoms with Gasteiger partial charge in [-0.2, -0.15) is 0 Å². The SMILES string of the molecule is COc1ccc(CC2CCCCC2PC)cc1.[Rh]. The molecule has 0 aromatic heterocycles. The van der Waals surface area contributed by atoms with Gasteiger partial charge in [0.15, 0.2) is 0 Å². The van der Waals surface area contributed by atoms with Crippen LogP contribution in [0.25, 0.3) is 0 Å². The van der Waals surface area contributed by atoms with Crippen molar-refractivity contribution in [2.75, 3.05) is 13.8 Å². The molecule has 1 aromatic carbocycles. The summed E-state index contributed by atoms with van der Waals surface area (Å²) in [7, 11) is 2.84. The normalized spacial score (nSPS) is 23.9. The van der Waals surface area contributed by atoms with E-state index in [-0.39, 0.29) is 19.5 Å². The molecular weight excluding hydrogens is 330 g/mol. The van der Waals surface area contributed by atoms with Crippen LogP contribution in [-0.2, 0) is 25.9 Å². The molecule has 0 bridgehead atoms. The predicted molar refractivity (Wildman–Crippen MR) is 76.7 cm³/mol. The molecule has 1 aliphatic rings. The first-order valence-electron chi connectivity index (χ1n) is 6.63. The molecule has 3 heteroatoms. The molecule has 3 atom stereocenters. The predicted octanol–water partition coefficient (Wildman–Crippen LogP) is 4.10. The van der Waals surface area contributed by atoms with Crippen LogP contribution in [0.4, 0.5) is 0 Å². The van der Waals surface area contributed by atoms with Crippen molar-refractivity contribution < 1.29 is 24.2 Å². The van der Waals surface area contributed by atoms with E-state index in [1.807, 2.05) is 0 Å². The summed E-state index contributed by atoms with van der Waals surface area (Å²) in [5.74, 6) is 1.88. The Balaban J connectivity index is 0.00000162. The number of benzene rings is 1. The van der Waals surface area contributed by atoms with Gasteiger partial charge in [0.25, 0.3) is 0 Å². The van der Waals surface area contributed by atoms with Crippen molar-refractivity contribution in [2.24, 2.45) is 5.92 Å². The zero-order valence-corrected chi connectivity index (χ0v) is 13.9. The van der Waals surface area contributed by atoms with Gasteiger partial charge < -0.3 is 4.74 Å².